The van der Waals surface area contributed by atoms with E-state index < -0.39 is 0 Å². The van der Waals surface area contributed by atoms with Crippen molar-refractivity contribution in [3.05, 3.63) is 35.9 Å². The molecule has 6 N–H and O–H groups in total. The summed E-state index contributed by atoms with van der Waals surface area (Å²) in [7, 11) is 1.83. The van der Waals surface area contributed by atoms with E-state index in [2.05, 4.69) is 4.99 Å². The topological polar surface area (TPSA) is 93.4 Å². The second-order valence-electron chi connectivity index (χ2n) is 3.24. The van der Waals surface area contributed by atoms with E-state index in [1.165, 1.54) is 0 Å². The van der Waals surface area contributed by atoms with Crippen molar-refractivity contribution < 1.29 is 4.58 Å². The van der Waals surface area contributed by atoms with Gasteiger partial charge in [0.2, 0.25) is 0 Å². The van der Waals surface area contributed by atoms with Gasteiger partial charge < -0.3 is 11.5 Å². The Morgan fingerprint density at radius 1 is 1.20 bits per heavy atom. The molecule has 15 heavy (non-hydrogen) atoms. The first-order chi connectivity index (χ1) is 7.09. The molecule has 0 aliphatic carbocycles. The van der Waals surface area contributed by atoms with Crippen molar-refractivity contribution in [2.24, 2.45) is 22.2 Å². The Morgan fingerprint density at radius 2 is 1.80 bits per heavy atom. The van der Waals surface area contributed by atoms with Crippen LogP contribution in [0.4, 0.5) is 0 Å². The van der Waals surface area contributed by atoms with Crippen molar-refractivity contribution in [2.45, 2.75) is 6.54 Å². The minimum Gasteiger partial charge on any atom is -0.356 e. The maximum absolute atomic E-state index is 5.66. The van der Waals surface area contributed by atoms with Crippen LogP contribution in [0.3, 0.4) is 0 Å². The standard InChI is InChI=1S/C10H15N5/c1-15(10(13)14-9(11)12)7-8-5-3-2-4-6-8/h2-6H,7H2,1H3,(H5,11,12,13,14)/p+1. The van der Waals surface area contributed by atoms with Crippen molar-refractivity contribution in [3.8, 4) is 0 Å². The highest BCUT2D eigenvalue weighted by atomic mass is 15.2. The Balaban J connectivity index is 2.79. The van der Waals surface area contributed by atoms with Crippen molar-refractivity contribution in [1.29, 1.82) is 0 Å². The Bertz CT molecular complexity index is 376. The summed E-state index contributed by atoms with van der Waals surface area (Å²) < 4.78 is 1.77. The highest BCUT2D eigenvalue weighted by Gasteiger charge is 2.04. The lowest BCUT2D eigenvalue weighted by Gasteiger charge is -2.02. The summed E-state index contributed by atoms with van der Waals surface area (Å²) in [6.45, 7) is 0.670. The van der Waals surface area contributed by atoms with E-state index in [-0.39, 0.29) is 5.96 Å². The molecule has 5 nitrogen and oxygen atoms in total. The fraction of sp³-hybridized carbons (Fsp3) is 0.200. The summed E-state index contributed by atoms with van der Waals surface area (Å²) in [4.78, 5) is 3.77. The predicted octanol–water partition coefficient (Wildman–Crippen LogP) is -0.583. The lowest BCUT2D eigenvalue weighted by atomic mass is 10.2. The zero-order valence-electron chi connectivity index (χ0n) is 8.72. The molecule has 0 saturated heterocycles. The fourth-order valence-electron chi connectivity index (χ4n) is 1.16. The second-order valence-corrected chi connectivity index (χ2v) is 3.24. The molecule has 0 aliphatic heterocycles. The molecule has 1 aromatic rings. The first-order valence-corrected chi connectivity index (χ1v) is 4.56. The van der Waals surface area contributed by atoms with Crippen LogP contribution in [-0.4, -0.2) is 23.5 Å². The lowest BCUT2D eigenvalue weighted by Crippen LogP contribution is -2.30. The zero-order chi connectivity index (χ0) is 11.3. The average molecular weight is 206 g/mol. The van der Waals surface area contributed by atoms with Crippen molar-refractivity contribution >= 4 is 11.9 Å². The molecule has 80 valence electrons. The molecular formula is C10H16N5+. The Morgan fingerprint density at radius 3 is 2.33 bits per heavy atom. The Labute approximate surface area is 88.9 Å². The SMILES string of the molecule is C[N+](Cc1ccccc1)=C(N)N=C(N)N. The van der Waals surface area contributed by atoms with Crippen LogP contribution in [0.15, 0.2) is 35.3 Å². The summed E-state index contributed by atoms with van der Waals surface area (Å²) in [6.07, 6.45) is 0. The maximum atomic E-state index is 5.66. The molecule has 1 aromatic carbocycles. The third-order valence-corrected chi connectivity index (χ3v) is 1.90. The van der Waals surface area contributed by atoms with Crippen molar-refractivity contribution in [3.63, 3.8) is 0 Å². The fourth-order valence-corrected chi connectivity index (χ4v) is 1.16. The first kappa shape index (κ1) is 11.0. The molecule has 0 spiro atoms. The van der Waals surface area contributed by atoms with Crippen LogP contribution < -0.4 is 17.2 Å². The highest BCUT2D eigenvalue weighted by Crippen LogP contribution is 1.99. The summed E-state index contributed by atoms with van der Waals surface area (Å²) >= 11 is 0. The largest absolute Gasteiger partial charge is 0.388 e. The quantitative estimate of drug-likeness (QED) is 0.343. The minimum absolute atomic E-state index is 0.0348. The molecule has 0 unspecified atom stereocenters. The van der Waals surface area contributed by atoms with E-state index in [0.717, 1.165) is 5.56 Å². The van der Waals surface area contributed by atoms with Gasteiger partial charge in [0.15, 0.2) is 0 Å². The summed E-state index contributed by atoms with van der Waals surface area (Å²) in [5.41, 5.74) is 17.3. The third-order valence-electron chi connectivity index (χ3n) is 1.90. The van der Waals surface area contributed by atoms with Gasteiger partial charge in [-0.2, -0.15) is 0 Å². The van der Waals surface area contributed by atoms with E-state index in [9.17, 15) is 0 Å². The molecule has 0 saturated carbocycles. The van der Waals surface area contributed by atoms with Crippen LogP contribution in [-0.2, 0) is 6.54 Å². The van der Waals surface area contributed by atoms with Gasteiger partial charge >= 0.3 is 5.96 Å². The number of guanidine groups is 2. The molecule has 0 atom stereocenters. The predicted molar refractivity (Wildman–Crippen MR) is 61.3 cm³/mol. The normalized spacial score (nSPS) is 11.8. The summed E-state index contributed by atoms with van der Waals surface area (Å²) in [6, 6.07) is 9.94. The van der Waals surface area contributed by atoms with E-state index in [1.54, 1.807) is 4.58 Å². The summed E-state index contributed by atoms with van der Waals surface area (Å²) in [5.74, 6) is 0.270. The molecule has 0 amide bonds. The lowest BCUT2D eigenvalue weighted by molar-refractivity contribution is -0.515. The molecule has 1 rings (SSSR count). The van der Waals surface area contributed by atoms with E-state index in [1.807, 2.05) is 37.4 Å². The molecule has 0 fully saturated rings. The van der Waals surface area contributed by atoms with Gasteiger partial charge in [0.25, 0.3) is 5.96 Å². The van der Waals surface area contributed by atoms with Gasteiger partial charge in [0.05, 0.1) is 13.6 Å². The second kappa shape index (κ2) is 4.99. The highest BCUT2D eigenvalue weighted by molar-refractivity contribution is 5.89. The van der Waals surface area contributed by atoms with Crippen LogP contribution >= 0.6 is 0 Å². The van der Waals surface area contributed by atoms with Gasteiger partial charge in [0.1, 0.15) is 0 Å². The number of rotatable bonds is 2. The monoisotopic (exact) mass is 206 g/mol. The van der Waals surface area contributed by atoms with Crippen LogP contribution in [0.1, 0.15) is 5.56 Å². The number of aliphatic imine (C=N–C) groups is 1. The first-order valence-electron chi connectivity index (χ1n) is 4.56. The van der Waals surface area contributed by atoms with Crippen LogP contribution in [0.5, 0.6) is 0 Å². The molecule has 0 bridgehead atoms. The van der Waals surface area contributed by atoms with Crippen LogP contribution in [0.25, 0.3) is 0 Å². The number of benzene rings is 1. The number of hydrogen-bond donors (Lipinski definition) is 3. The number of nitrogens with two attached hydrogens (primary N) is 3. The molecular weight excluding hydrogens is 190 g/mol. The molecule has 0 aliphatic rings. The van der Waals surface area contributed by atoms with Crippen LogP contribution in [0, 0.1) is 0 Å². The smallest absolute Gasteiger partial charge is 0.356 e. The Kier molecular flexibility index (Phi) is 3.68. The molecule has 0 aromatic heterocycles. The van der Waals surface area contributed by atoms with E-state index >= 15 is 0 Å². The molecule has 0 heterocycles. The Hall–Kier alpha value is -2.04. The van der Waals surface area contributed by atoms with Crippen LogP contribution in [0.2, 0.25) is 0 Å². The number of hydrogen-bond acceptors (Lipinski definition) is 0. The van der Waals surface area contributed by atoms with Gasteiger partial charge in [0, 0.05) is 0 Å². The van der Waals surface area contributed by atoms with Crippen molar-refractivity contribution in [2.75, 3.05) is 7.05 Å². The van der Waals surface area contributed by atoms with E-state index in [4.69, 9.17) is 17.2 Å². The van der Waals surface area contributed by atoms with Gasteiger partial charge in [-0.05, 0) is 10.6 Å². The van der Waals surface area contributed by atoms with Gasteiger partial charge in [-0.25, -0.2) is 0 Å². The third kappa shape index (κ3) is 3.68. The summed E-state index contributed by atoms with van der Waals surface area (Å²) in [5, 5.41) is 0. The van der Waals surface area contributed by atoms with Gasteiger partial charge in [-0.1, -0.05) is 30.3 Å². The molecule has 0 radical (unpaired) electrons. The number of nitrogens with zero attached hydrogens (tertiary/aromatic N) is 2. The maximum Gasteiger partial charge on any atom is 0.388 e. The average Bonchev–Trinajstić information content (AvgIpc) is 2.18. The van der Waals surface area contributed by atoms with Gasteiger partial charge in [-0.15, -0.1) is 0 Å². The van der Waals surface area contributed by atoms with Gasteiger partial charge in [-0.3, -0.25) is 10.3 Å². The minimum atomic E-state index is -0.0348. The zero-order valence-corrected chi connectivity index (χ0v) is 8.72. The van der Waals surface area contributed by atoms with E-state index in [0.29, 0.717) is 12.5 Å². The molecule has 5 heteroatoms. The van der Waals surface area contributed by atoms with Crippen molar-refractivity contribution in [1.82, 2.24) is 0 Å².